The van der Waals surface area contributed by atoms with Crippen LogP contribution in [-0.2, 0) is 0 Å². The number of aromatic hydroxyl groups is 1. The number of rotatable bonds is 4. The number of pyridine rings is 1. The van der Waals surface area contributed by atoms with Crippen molar-refractivity contribution in [3.8, 4) is 11.4 Å². The van der Waals surface area contributed by atoms with Gasteiger partial charge in [-0.05, 0) is 37.8 Å². The number of anilines is 1. The molecule has 2 aromatic rings. The van der Waals surface area contributed by atoms with Gasteiger partial charge in [0.25, 0.3) is 5.91 Å². The van der Waals surface area contributed by atoms with Gasteiger partial charge < -0.3 is 16.2 Å². The van der Waals surface area contributed by atoms with Crippen LogP contribution in [0.2, 0.25) is 0 Å². The van der Waals surface area contributed by atoms with Crippen LogP contribution in [0.4, 0.5) is 19.0 Å². The van der Waals surface area contributed by atoms with Crippen molar-refractivity contribution in [3.05, 3.63) is 40.2 Å². The van der Waals surface area contributed by atoms with E-state index in [1.165, 1.54) is 25.4 Å². The highest BCUT2D eigenvalue weighted by Gasteiger charge is 2.42. The molecule has 2 aromatic heterocycles. The third-order valence-corrected chi connectivity index (χ3v) is 5.14. The van der Waals surface area contributed by atoms with E-state index in [4.69, 9.17) is 5.73 Å². The van der Waals surface area contributed by atoms with Gasteiger partial charge in [-0.1, -0.05) is 0 Å². The Morgan fingerprint density at radius 1 is 1.28 bits per heavy atom. The molecule has 0 aromatic carbocycles. The lowest BCUT2D eigenvalue weighted by molar-refractivity contribution is -0.182. The van der Waals surface area contributed by atoms with E-state index in [1.807, 2.05) is 0 Å². The van der Waals surface area contributed by atoms with Gasteiger partial charge in [-0.15, -0.1) is 0 Å². The minimum Gasteiger partial charge on any atom is -0.500 e. The van der Waals surface area contributed by atoms with E-state index in [2.05, 4.69) is 15.3 Å². The first kappa shape index (κ1) is 20.6. The summed E-state index contributed by atoms with van der Waals surface area (Å²) in [5.74, 6) is -2.99. The van der Waals surface area contributed by atoms with E-state index < -0.39 is 35.2 Å². The monoisotopic (exact) mass is 411 g/mol. The van der Waals surface area contributed by atoms with Crippen molar-refractivity contribution >= 4 is 11.7 Å². The van der Waals surface area contributed by atoms with Crippen molar-refractivity contribution < 1.29 is 23.1 Å². The summed E-state index contributed by atoms with van der Waals surface area (Å²) >= 11 is 0. The zero-order valence-corrected chi connectivity index (χ0v) is 15.5. The van der Waals surface area contributed by atoms with Crippen LogP contribution in [0.5, 0.6) is 5.75 Å². The number of alkyl halides is 3. The fourth-order valence-electron chi connectivity index (χ4n) is 3.57. The fraction of sp³-hybridized carbons (Fsp3) is 0.444. The number of halogens is 3. The van der Waals surface area contributed by atoms with Crippen molar-refractivity contribution in [3.63, 3.8) is 0 Å². The maximum Gasteiger partial charge on any atom is 0.391 e. The topological polar surface area (TPSA) is 123 Å². The van der Waals surface area contributed by atoms with Crippen LogP contribution in [0.15, 0.2) is 23.1 Å². The summed E-state index contributed by atoms with van der Waals surface area (Å²) in [6, 6.07) is 2.73. The maximum atomic E-state index is 13.0. The molecule has 1 saturated carbocycles. The SMILES string of the molecule is CNc1nc(C2CCC(C(F)(F)F)CC2)n(-c2ccc(C(N)=O)nc2)c(=O)c1O. The van der Waals surface area contributed by atoms with E-state index >= 15 is 0 Å². The Hall–Kier alpha value is -3.11. The van der Waals surface area contributed by atoms with E-state index in [-0.39, 0.29) is 48.7 Å². The number of nitrogens with zero attached hydrogens (tertiary/aromatic N) is 3. The zero-order valence-electron chi connectivity index (χ0n) is 15.5. The minimum atomic E-state index is -4.25. The predicted octanol–water partition coefficient (Wildman–Crippen LogP) is 2.31. The number of hydrogen-bond acceptors (Lipinski definition) is 6. The van der Waals surface area contributed by atoms with Gasteiger partial charge in [0, 0.05) is 13.0 Å². The molecule has 4 N–H and O–H groups in total. The summed E-state index contributed by atoms with van der Waals surface area (Å²) in [5.41, 5.74) is 4.59. The zero-order chi connectivity index (χ0) is 21.3. The molecule has 0 unspecified atom stereocenters. The molecule has 0 bridgehead atoms. The molecule has 3 rings (SSSR count). The molecule has 1 aliphatic carbocycles. The second kappa shape index (κ2) is 7.72. The van der Waals surface area contributed by atoms with Crippen LogP contribution in [0.3, 0.4) is 0 Å². The normalized spacial score (nSPS) is 19.7. The highest BCUT2D eigenvalue weighted by Crippen LogP contribution is 2.43. The molecule has 0 radical (unpaired) electrons. The van der Waals surface area contributed by atoms with Gasteiger partial charge in [0.05, 0.1) is 17.8 Å². The number of nitrogens with one attached hydrogen (secondary N) is 1. The summed E-state index contributed by atoms with van der Waals surface area (Å²) in [5, 5.41) is 12.8. The highest BCUT2D eigenvalue weighted by atomic mass is 19.4. The Labute approximate surface area is 163 Å². The summed E-state index contributed by atoms with van der Waals surface area (Å²) in [4.78, 5) is 32.2. The van der Waals surface area contributed by atoms with Crippen molar-refractivity contribution in [1.29, 1.82) is 0 Å². The number of aromatic nitrogens is 3. The summed E-state index contributed by atoms with van der Waals surface area (Å²) in [7, 11) is 1.47. The minimum absolute atomic E-state index is 0.0157. The van der Waals surface area contributed by atoms with Crippen LogP contribution in [0.25, 0.3) is 5.69 Å². The molecule has 1 amide bonds. The number of carbonyl (C=O) groups is 1. The Morgan fingerprint density at radius 3 is 2.41 bits per heavy atom. The molecule has 29 heavy (non-hydrogen) atoms. The summed E-state index contributed by atoms with van der Waals surface area (Å²) < 4.78 is 40.1. The summed E-state index contributed by atoms with van der Waals surface area (Å²) in [6.07, 6.45) is -2.78. The van der Waals surface area contributed by atoms with Crippen molar-refractivity contribution in [2.45, 2.75) is 37.8 Å². The van der Waals surface area contributed by atoms with Crippen LogP contribution in [0.1, 0.15) is 47.9 Å². The number of nitrogens with two attached hydrogens (primary N) is 1. The van der Waals surface area contributed by atoms with Gasteiger partial charge in [-0.3, -0.25) is 14.2 Å². The first-order valence-corrected chi connectivity index (χ1v) is 9.00. The van der Waals surface area contributed by atoms with Crippen LogP contribution < -0.4 is 16.6 Å². The van der Waals surface area contributed by atoms with Crippen molar-refractivity contribution in [2.75, 3.05) is 12.4 Å². The van der Waals surface area contributed by atoms with Gasteiger partial charge in [0.1, 0.15) is 11.5 Å². The molecule has 0 atom stereocenters. The average molecular weight is 411 g/mol. The van der Waals surface area contributed by atoms with E-state index in [1.54, 1.807) is 0 Å². The lowest BCUT2D eigenvalue weighted by atomic mass is 9.81. The maximum absolute atomic E-state index is 13.0. The third kappa shape index (κ3) is 4.03. The number of hydrogen-bond donors (Lipinski definition) is 3. The number of carbonyl (C=O) groups excluding carboxylic acids is 1. The van der Waals surface area contributed by atoms with Gasteiger partial charge in [-0.25, -0.2) is 9.97 Å². The number of primary amides is 1. The number of amides is 1. The van der Waals surface area contributed by atoms with Gasteiger partial charge in [-0.2, -0.15) is 13.2 Å². The second-order valence-electron chi connectivity index (χ2n) is 6.91. The van der Waals surface area contributed by atoms with Crippen LogP contribution in [0, 0.1) is 5.92 Å². The lowest BCUT2D eigenvalue weighted by Crippen LogP contribution is -2.31. The highest BCUT2D eigenvalue weighted by molar-refractivity contribution is 5.90. The largest absolute Gasteiger partial charge is 0.500 e. The van der Waals surface area contributed by atoms with E-state index in [9.17, 15) is 27.9 Å². The van der Waals surface area contributed by atoms with Gasteiger partial charge >= 0.3 is 11.7 Å². The van der Waals surface area contributed by atoms with Gasteiger partial charge in [0.15, 0.2) is 5.82 Å². The molecule has 1 fully saturated rings. The molecule has 8 nitrogen and oxygen atoms in total. The lowest BCUT2D eigenvalue weighted by Gasteiger charge is -2.30. The molecule has 0 saturated heterocycles. The Morgan fingerprint density at radius 2 is 1.93 bits per heavy atom. The third-order valence-electron chi connectivity index (χ3n) is 5.14. The predicted molar refractivity (Wildman–Crippen MR) is 98.1 cm³/mol. The quantitative estimate of drug-likeness (QED) is 0.710. The molecular weight excluding hydrogens is 391 g/mol. The molecule has 2 heterocycles. The second-order valence-corrected chi connectivity index (χ2v) is 6.91. The van der Waals surface area contributed by atoms with E-state index in [0.717, 1.165) is 4.57 Å². The van der Waals surface area contributed by atoms with Crippen LogP contribution >= 0.6 is 0 Å². The summed E-state index contributed by atoms with van der Waals surface area (Å²) in [6.45, 7) is 0. The first-order valence-electron chi connectivity index (χ1n) is 9.00. The Kier molecular flexibility index (Phi) is 5.49. The molecule has 156 valence electrons. The standard InChI is InChI=1S/C18H20F3N5O3/c1-23-15-13(27)17(29)26(11-6-7-12(14(22)28)24-8-11)16(25-15)9-2-4-10(5-3-9)18(19,20)21/h6-10,23,27H,2-5H2,1H3,(H2,22,28). The fourth-order valence-corrected chi connectivity index (χ4v) is 3.57. The molecular formula is C18H20F3N5O3. The first-order chi connectivity index (χ1) is 13.6. The van der Waals surface area contributed by atoms with Crippen molar-refractivity contribution in [1.82, 2.24) is 14.5 Å². The van der Waals surface area contributed by atoms with Crippen LogP contribution in [-0.4, -0.2) is 38.8 Å². The van der Waals surface area contributed by atoms with Crippen molar-refractivity contribution in [2.24, 2.45) is 11.7 Å². The Bertz CT molecular complexity index is 964. The molecule has 11 heteroatoms. The van der Waals surface area contributed by atoms with Gasteiger partial charge in [0.2, 0.25) is 5.75 Å². The molecule has 1 aliphatic rings. The average Bonchev–Trinajstić information content (AvgIpc) is 2.69. The Balaban J connectivity index is 2.05. The smallest absolute Gasteiger partial charge is 0.391 e. The van der Waals surface area contributed by atoms with E-state index in [0.29, 0.717) is 0 Å². The molecule has 0 spiro atoms. The molecule has 0 aliphatic heterocycles.